The molecule has 0 atom stereocenters. The molecule has 1 N–H and O–H groups in total. The number of aryl methyl sites for hydroxylation is 2. The van der Waals surface area contributed by atoms with Crippen molar-refractivity contribution < 1.29 is 9.21 Å². The summed E-state index contributed by atoms with van der Waals surface area (Å²) < 4.78 is 5.49. The summed E-state index contributed by atoms with van der Waals surface area (Å²) in [5.41, 5.74) is 2.01. The molecule has 1 aromatic heterocycles. The van der Waals surface area contributed by atoms with E-state index in [2.05, 4.69) is 21.2 Å². The Morgan fingerprint density at radius 1 is 1.33 bits per heavy atom. The third-order valence-corrected chi connectivity index (χ3v) is 4.39. The summed E-state index contributed by atoms with van der Waals surface area (Å²) in [5, 5.41) is 4.07. The minimum absolute atomic E-state index is 0.00250. The molecule has 0 aromatic carbocycles. The van der Waals surface area contributed by atoms with Gasteiger partial charge >= 0.3 is 0 Å². The average molecular weight is 314 g/mol. The lowest BCUT2D eigenvalue weighted by molar-refractivity contribution is 0.0942. The normalized spacial score (nSPS) is 16.7. The van der Waals surface area contributed by atoms with Crippen molar-refractivity contribution >= 4 is 21.8 Å². The van der Waals surface area contributed by atoms with Gasteiger partial charge < -0.3 is 9.73 Å². The summed E-state index contributed by atoms with van der Waals surface area (Å²) in [6.07, 6.45) is 3.58. The highest BCUT2D eigenvalue weighted by Gasteiger charge is 2.41. The molecule has 0 saturated heterocycles. The molecule has 1 aliphatic carbocycles. The van der Waals surface area contributed by atoms with E-state index in [1.807, 2.05) is 20.8 Å². The molecule has 2 rings (SSSR count). The van der Waals surface area contributed by atoms with Crippen LogP contribution in [-0.2, 0) is 0 Å². The molecule has 0 bridgehead atoms. The number of amides is 1. The lowest BCUT2D eigenvalue weighted by Crippen LogP contribution is -2.31. The predicted molar refractivity (Wildman–Crippen MR) is 75.3 cm³/mol. The van der Waals surface area contributed by atoms with Gasteiger partial charge in [0.25, 0.3) is 5.91 Å². The zero-order chi connectivity index (χ0) is 13.3. The Kier molecular flexibility index (Phi) is 3.85. The fourth-order valence-corrected chi connectivity index (χ4v) is 3.22. The fourth-order valence-electron chi connectivity index (χ4n) is 2.38. The van der Waals surface area contributed by atoms with Gasteiger partial charge in [0.2, 0.25) is 0 Å². The number of hydrogen-bond donors (Lipinski definition) is 1. The number of halogens is 1. The molecule has 1 amide bonds. The molecule has 1 aromatic rings. The van der Waals surface area contributed by atoms with Crippen molar-refractivity contribution in [1.29, 1.82) is 0 Å². The molecule has 3 nitrogen and oxygen atoms in total. The summed E-state index contributed by atoms with van der Waals surface area (Å²) in [7, 11) is 0. The van der Waals surface area contributed by atoms with Gasteiger partial charge in [0, 0.05) is 17.4 Å². The first-order valence-electron chi connectivity index (χ1n) is 6.40. The standard InChI is InChI=1S/C14H20BrNO2/c1-9-10(2)18-11(3)12(9)13(17)16-8-14(4-5-14)6-7-15/h4-8H2,1-3H3,(H,16,17). The first-order chi connectivity index (χ1) is 8.49. The van der Waals surface area contributed by atoms with E-state index in [9.17, 15) is 4.79 Å². The van der Waals surface area contributed by atoms with Crippen molar-refractivity contribution in [3.05, 3.63) is 22.6 Å². The third-order valence-electron chi connectivity index (χ3n) is 3.99. The summed E-state index contributed by atoms with van der Waals surface area (Å²) in [6.45, 7) is 6.46. The Hall–Kier alpha value is -0.770. The van der Waals surface area contributed by atoms with Gasteiger partial charge in [-0.3, -0.25) is 4.79 Å². The van der Waals surface area contributed by atoms with Crippen LogP contribution in [0.15, 0.2) is 4.42 Å². The first-order valence-corrected chi connectivity index (χ1v) is 7.52. The van der Waals surface area contributed by atoms with Gasteiger partial charge in [-0.2, -0.15) is 0 Å². The highest BCUT2D eigenvalue weighted by atomic mass is 79.9. The van der Waals surface area contributed by atoms with Crippen LogP contribution in [0.5, 0.6) is 0 Å². The van der Waals surface area contributed by atoms with E-state index in [0.717, 1.165) is 29.6 Å². The molecule has 0 unspecified atom stereocenters. The third kappa shape index (κ3) is 2.63. The average Bonchev–Trinajstić information content (AvgIpc) is 3.02. The van der Waals surface area contributed by atoms with Crippen LogP contribution in [0.3, 0.4) is 0 Å². The maximum Gasteiger partial charge on any atom is 0.255 e. The van der Waals surface area contributed by atoms with E-state index >= 15 is 0 Å². The smallest absolute Gasteiger partial charge is 0.255 e. The van der Waals surface area contributed by atoms with E-state index in [1.165, 1.54) is 12.8 Å². The molecule has 0 spiro atoms. The molecular formula is C14H20BrNO2. The Morgan fingerprint density at radius 3 is 2.44 bits per heavy atom. The predicted octanol–water partition coefficient (Wildman–Crippen LogP) is 3.50. The maximum atomic E-state index is 12.2. The van der Waals surface area contributed by atoms with Crippen molar-refractivity contribution in [2.75, 3.05) is 11.9 Å². The molecule has 100 valence electrons. The minimum atomic E-state index is 0.00250. The molecule has 0 radical (unpaired) electrons. The number of carbonyl (C=O) groups excluding carboxylic acids is 1. The van der Waals surface area contributed by atoms with Crippen molar-refractivity contribution in [2.45, 2.75) is 40.0 Å². The van der Waals surface area contributed by atoms with Crippen molar-refractivity contribution in [2.24, 2.45) is 5.41 Å². The zero-order valence-corrected chi connectivity index (χ0v) is 12.8. The Morgan fingerprint density at radius 2 is 2.00 bits per heavy atom. The van der Waals surface area contributed by atoms with E-state index in [4.69, 9.17) is 4.42 Å². The number of carbonyl (C=O) groups is 1. The number of alkyl halides is 1. The van der Waals surface area contributed by atoms with Gasteiger partial charge in [-0.25, -0.2) is 0 Å². The van der Waals surface area contributed by atoms with E-state index in [-0.39, 0.29) is 5.91 Å². The molecule has 1 heterocycles. The van der Waals surface area contributed by atoms with E-state index < -0.39 is 0 Å². The molecule has 0 aliphatic heterocycles. The van der Waals surface area contributed by atoms with Crippen LogP contribution >= 0.6 is 15.9 Å². The molecule has 1 fully saturated rings. The monoisotopic (exact) mass is 313 g/mol. The Labute approximate surface area is 116 Å². The lowest BCUT2D eigenvalue weighted by atomic mass is 10.0. The second-order valence-corrected chi connectivity index (χ2v) is 6.13. The molecular weight excluding hydrogens is 294 g/mol. The van der Waals surface area contributed by atoms with Crippen LogP contribution in [0.1, 0.15) is 46.7 Å². The topological polar surface area (TPSA) is 42.2 Å². The number of furan rings is 1. The van der Waals surface area contributed by atoms with Gasteiger partial charge in [-0.05, 0) is 45.4 Å². The van der Waals surface area contributed by atoms with Gasteiger partial charge in [0.15, 0.2) is 0 Å². The van der Waals surface area contributed by atoms with Crippen LogP contribution in [0.2, 0.25) is 0 Å². The SMILES string of the molecule is Cc1oc(C)c(C(=O)NCC2(CCBr)CC2)c1C. The summed E-state index contributed by atoms with van der Waals surface area (Å²) >= 11 is 3.48. The van der Waals surface area contributed by atoms with E-state index in [1.54, 1.807) is 0 Å². The lowest BCUT2D eigenvalue weighted by Gasteiger charge is -2.14. The van der Waals surface area contributed by atoms with Crippen molar-refractivity contribution in [1.82, 2.24) is 5.32 Å². The van der Waals surface area contributed by atoms with Crippen molar-refractivity contribution in [3.63, 3.8) is 0 Å². The maximum absolute atomic E-state index is 12.2. The number of nitrogens with one attached hydrogen (secondary N) is 1. The van der Waals surface area contributed by atoms with Crippen LogP contribution < -0.4 is 5.32 Å². The van der Waals surface area contributed by atoms with Gasteiger partial charge in [0.1, 0.15) is 11.5 Å². The first kappa shape index (κ1) is 13.7. The second-order valence-electron chi connectivity index (χ2n) is 5.34. The van der Waals surface area contributed by atoms with Crippen LogP contribution in [0.4, 0.5) is 0 Å². The fraction of sp³-hybridized carbons (Fsp3) is 0.643. The molecule has 4 heteroatoms. The van der Waals surface area contributed by atoms with E-state index in [0.29, 0.717) is 16.7 Å². The Bertz CT molecular complexity index is 461. The highest BCUT2D eigenvalue weighted by Crippen LogP contribution is 2.48. The number of rotatable bonds is 5. The molecule has 1 aliphatic rings. The van der Waals surface area contributed by atoms with Gasteiger partial charge in [0.05, 0.1) is 5.56 Å². The second kappa shape index (κ2) is 5.08. The van der Waals surface area contributed by atoms with Gasteiger partial charge in [-0.15, -0.1) is 0 Å². The molecule has 1 saturated carbocycles. The van der Waals surface area contributed by atoms with Gasteiger partial charge in [-0.1, -0.05) is 15.9 Å². The largest absolute Gasteiger partial charge is 0.466 e. The molecule has 18 heavy (non-hydrogen) atoms. The van der Waals surface area contributed by atoms with Crippen LogP contribution in [0, 0.1) is 26.2 Å². The van der Waals surface area contributed by atoms with Crippen LogP contribution in [-0.4, -0.2) is 17.8 Å². The summed E-state index contributed by atoms with van der Waals surface area (Å²) in [4.78, 5) is 12.2. The quantitative estimate of drug-likeness (QED) is 0.845. The Balaban J connectivity index is 2.00. The number of hydrogen-bond acceptors (Lipinski definition) is 2. The zero-order valence-electron chi connectivity index (χ0n) is 11.2. The summed E-state index contributed by atoms with van der Waals surface area (Å²) in [6, 6.07) is 0. The summed E-state index contributed by atoms with van der Waals surface area (Å²) in [5.74, 6) is 1.55. The van der Waals surface area contributed by atoms with Crippen LogP contribution in [0.25, 0.3) is 0 Å². The van der Waals surface area contributed by atoms with Crippen molar-refractivity contribution in [3.8, 4) is 0 Å². The minimum Gasteiger partial charge on any atom is -0.466 e. The highest BCUT2D eigenvalue weighted by molar-refractivity contribution is 9.09.